The minimum atomic E-state index is -4.81. The second-order valence-electron chi connectivity index (χ2n) is 7.70. The van der Waals surface area contributed by atoms with Crippen LogP contribution in [-0.4, -0.2) is 35.1 Å². The summed E-state index contributed by atoms with van der Waals surface area (Å²) in [6, 6.07) is 2.58. The van der Waals surface area contributed by atoms with Crippen molar-refractivity contribution < 1.29 is 43.9 Å². The molecule has 0 atom stereocenters. The van der Waals surface area contributed by atoms with Gasteiger partial charge in [-0.05, 0) is 43.9 Å². The highest BCUT2D eigenvalue weighted by molar-refractivity contribution is 7.92. The molecule has 6 nitrogen and oxygen atoms in total. The van der Waals surface area contributed by atoms with Crippen molar-refractivity contribution in [1.82, 2.24) is 15.1 Å². The van der Waals surface area contributed by atoms with Crippen molar-refractivity contribution in [2.75, 3.05) is 0 Å². The molecule has 0 saturated heterocycles. The molecule has 2 aromatic rings. The lowest BCUT2D eigenvalue weighted by molar-refractivity contribution is -0.141. The first-order valence-corrected chi connectivity index (χ1v) is 11.1. The summed E-state index contributed by atoms with van der Waals surface area (Å²) in [5.74, 6) is -0.905. The van der Waals surface area contributed by atoms with Gasteiger partial charge in [0.05, 0.1) is 10.5 Å². The number of benzene rings is 1. The van der Waals surface area contributed by atoms with Crippen LogP contribution >= 0.6 is 0 Å². The van der Waals surface area contributed by atoms with Crippen molar-refractivity contribution in [3.63, 3.8) is 0 Å². The van der Waals surface area contributed by atoms with E-state index in [2.05, 4.69) is 10.4 Å². The fourth-order valence-electron chi connectivity index (χ4n) is 3.59. The van der Waals surface area contributed by atoms with Crippen molar-refractivity contribution in [2.24, 2.45) is 7.05 Å². The molecule has 1 fully saturated rings. The second kappa shape index (κ2) is 8.29. The van der Waals surface area contributed by atoms with Crippen LogP contribution in [0, 0.1) is 0 Å². The lowest BCUT2D eigenvalue weighted by atomic mass is 9.93. The van der Waals surface area contributed by atoms with Crippen molar-refractivity contribution in [3.05, 3.63) is 47.3 Å². The van der Waals surface area contributed by atoms with Crippen LogP contribution in [0.5, 0.6) is 0 Å². The third kappa shape index (κ3) is 4.99. The van der Waals surface area contributed by atoms with E-state index in [9.17, 15) is 39.6 Å². The van der Waals surface area contributed by atoms with Crippen LogP contribution in [0.25, 0.3) is 0 Å². The molecule has 1 heterocycles. The molecule has 0 radical (unpaired) electrons. The van der Waals surface area contributed by atoms with Crippen LogP contribution in [0.1, 0.15) is 47.4 Å². The summed E-state index contributed by atoms with van der Waals surface area (Å²) in [6.45, 7) is 0. The molecular formula is C19H18F7N3O3S. The van der Waals surface area contributed by atoms with E-state index in [4.69, 9.17) is 0 Å². The molecule has 0 spiro atoms. The van der Waals surface area contributed by atoms with E-state index in [1.54, 1.807) is 0 Å². The quantitative estimate of drug-likeness (QED) is 0.635. The number of sulfone groups is 1. The summed E-state index contributed by atoms with van der Waals surface area (Å²) in [7, 11) is -3.65. The van der Waals surface area contributed by atoms with Gasteiger partial charge in [-0.3, -0.25) is 9.48 Å². The summed E-state index contributed by atoms with van der Waals surface area (Å²) >= 11 is 0. The smallest absolute Gasteiger partial charge is 0.348 e. The summed E-state index contributed by atoms with van der Waals surface area (Å²) in [5, 5.41) is 2.79. The average molecular weight is 501 g/mol. The van der Waals surface area contributed by atoms with Gasteiger partial charge in [-0.25, -0.2) is 12.8 Å². The molecule has 33 heavy (non-hydrogen) atoms. The molecule has 0 bridgehead atoms. The number of hydrogen-bond acceptors (Lipinski definition) is 4. The number of hydrogen-bond donors (Lipinski definition) is 1. The fourth-order valence-corrected chi connectivity index (χ4v) is 5.33. The van der Waals surface area contributed by atoms with Crippen LogP contribution in [0.2, 0.25) is 0 Å². The normalized spacial score (nSPS) is 22.2. The van der Waals surface area contributed by atoms with Gasteiger partial charge in [-0.15, -0.1) is 0 Å². The first-order valence-electron chi connectivity index (χ1n) is 9.57. The molecule has 14 heteroatoms. The van der Waals surface area contributed by atoms with E-state index in [1.165, 1.54) is 0 Å². The molecule has 1 aromatic heterocycles. The third-order valence-electron chi connectivity index (χ3n) is 5.42. The van der Waals surface area contributed by atoms with Crippen molar-refractivity contribution in [1.29, 1.82) is 0 Å². The van der Waals surface area contributed by atoms with Crippen molar-refractivity contribution in [2.45, 2.75) is 54.0 Å². The van der Waals surface area contributed by atoms with Crippen molar-refractivity contribution in [3.8, 4) is 0 Å². The zero-order valence-corrected chi connectivity index (χ0v) is 17.8. The van der Waals surface area contributed by atoms with Crippen LogP contribution in [0.15, 0.2) is 35.2 Å². The van der Waals surface area contributed by atoms with Gasteiger partial charge in [0.2, 0.25) is 14.8 Å². The van der Waals surface area contributed by atoms with Gasteiger partial charge in [-0.1, -0.05) is 6.07 Å². The highest BCUT2D eigenvalue weighted by atomic mass is 32.2. The van der Waals surface area contributed by atoms with Crippen LogP contribution < -0.4 is 5.32 Å². The fraction of sp³-hybridized carbons (Fsp3) is 0.474. The standard InChI is InChI=1S/C19H18F7N3O3S/c1-29-14(10-15(28-29)19(24,25)26)16(30)27-12-5-7-17(20,8-6-12)33(31,32)13-4-2-3-11(9-13)18(21,22)23/h2-4,9-10,12H,5-8H2,1H3,(H,27,30)/t12-,17+. The van der Waals surface area contributed by atoms with E-state index in [0.29, 0.717) is 18.2 Å². The molecule has 0 aliphatic heterocycles. The Balaban J connectivity index is 1.71. The third-order valence-corrected chi connectivity index (χ3v) is 7.67. The zero-order valence-electron chi connectivity index (χ0n) is 17.0. The van der Waals surface area contributed by atoms with Crippen LogP contribution in [0.4, 0.5) is 30.7 Å². The Morgan fingerprint density at radius 1 is 1.09 bits per heavy atom. The minimum absolute atomic E-state index is 0.190. The molecule has 1 amide bonds. The van der Waals surface area contributed by atoms with Gasteiger partial charge in [0.1, 0.15) is 5.69 Å². The Kier molecular flexibility index (Phi) is 6.28. The minimum Gasteiger partial charge on any atom is -0.348 e. The maximum Gasteiger partial charge on any atom is 0.435 e. The predicted molar refractivity (Wildman–Crippen MR) is 100 cm³/mol. The summed E-state index contributed by atoms with van der Waals surface area (Å²) in [4.78, 5) is 11.5. The SMILES string of the molecule is Cn1nc(C(F)(F)F)cc1C(=O)N[C@H]1CC[C@@](F)(S(=O)(=O)c2cccc(C(F)(F)F)c2)CC1. The molecule has 1 saturated carbocycles. The number of nitrogens with one attached hydrogen (secondary N) is 1. The number of rotatable bonds is 4. The first kappa shape index (κ1) is 25.0. The molecular weight excluding hydrogens is 483 g/mol. The number of carbonyl (C=O) groups is 1. The topological polar surface area (TPSA) is 81.1 Å². The maximum absolute atomic E-state index is 15.4. The summed E-state index contributed by atoms with van der Waals surface area (Å²) in [6.07, 6.45) is -11.2. The van der Waals surface area contributed by atoms with Crippen LogP contribution in [-0.2, 0) is 29.2 Å². The Morgan fingerprint density at radius 3 is 2.21 bits per heavy atom. The van der Waals surface area contributed by atoms with E-state index in [0.717, 1.165) is 23.9 Å². The maximum atomic E-state index is 15.4. The predicted octanol–water partition coefficient (Wildman–Crippen LogP) is 4.27. The number of alkyl halides is 7. The molecule has 1 N–H and O–H groups in total. The van der Waals surface area contributed by atoms with Gasteiger partial charge >= 0.3 is 12.4 Å². The molecule has 1 aliphatic carbocycles. The molecule has 0 unspecified atom stereocenters. The Labute approximate surface area is 183 Å². The van der Waals surface area contributed by atoms with Gasteiger partial charge in [-0.2, -0.15) is 31.4 Å². The van der Waals surface area contributed by atoms with Gasteiger partial charge < -0.3 is 5.32 Å². The van der Waals surface area contributed by atoms with Gasteiger partial charge in [0.25, 0.3) is 5.91 Å². The average Bonchev–Trinajstić information content (AvgIpc) is 3.11. The van der Waals surface area contributed by atoms with Crippen molar-refractivity contribution >= 4 is 15.7 Å². The van der Waals surface area contributed by atoms with E-state index in [1.807, 2.05) is 0 Å². The highest BCUT2D eigenvalue weighted by Crippen LogP contribution is 2.41. The van der Waals surface area contributed by atoms with Gasteiger partial charge in [0, 0.05) is 19.2 Å². The molecule has 1 aromatic carbocycles. The number of nitrogens with zero attached hydrogens (tertiary/aromatic N) is 2. The summed E-state index contributed by atoms with van der Waals surface area (Å²) < 4.78 is 119. The Hall–Kier alpha value is -2.64. The number of amides is 1. The second-order valence-corrected chi connectivity index (χ2v) is 9.91. The number of aryl methyl sites for hydroxylation is 1. The molecule has 1 aliphatic rings. The largest absolute Gasteiger partial charge is 0.435 e. The number of carbonyl (C=O) groups excluding carboxylic acids is 1. The zero-order chi connectivity index (χ0) is 24.8. The Bertz CT molecular complexity index is 1150. The van der Waals surface area contributed by atoms with Gasteiger partial charge in [0.15, 0.2) is 5.69 Å². The number of aromatic nitrogens is 2. The van der Waals surface area contributed by atoms with E-state index < -0.39 is 73.8 Å². The Morgan fingerprint density at radius 2 is 1.70 bits per heavy atom. The monoisotopic (exact) mass is 501 g/mol. The lowest BCUT2D eigenvalue weighted by Crippen LogP contribution is -2.45. The molecule has 182 valence electrons. The summed E-state index contributed by atoms with van der Waals surface area (Å²) in [5.41, 5.74) is -2.90. The first-order chi connectivity index (χ1) is 15.0. The van der Waals surface area contributed by atoms with E-state index >= 15 is 4.39 Å². The molecule has 3 rings (SSSR count). The lowest BCUT2D eigenvalue weighted by Gasteiger charge is -2.33. The number of halogens is 7. The van der Waals surface area contributed by atoms with Crippen LogP contribution in [0.3, 0.4) is 0 Å². The van der Waals surface area contributed by atoms with E-state index in [-0.39, 0.29) is 12.8 Å². The highest BCUT2D eigenvalue weighted by Gasteiger charge is 2.48.